The Kier molecular flexibility index (Phi) is 8.16. The molecular formula is C22H23FN7O8PS. The highest BCUT2D eigenvalue weighted by molar-refractivity contribution is 7.51. The van der Waals surface area contributed by atoms with Crippen LogP contribution in [0.15, 0.2) is 48.8 Å². The number of ether oxygens (including phenoxy) is 1. The van der Waals surface area contributed by atoms with Crippen LogP contribution in [0.4, 0.5) is 15.2 Å². The number of nitrogen functional groups attached to an aromatic ring is 1. The van der Waals surface area contributed by atoms with Crippen LogP contribution in [-0.2, 0) is 31.5 Å². The first-order valence-electron chi connectivity index (χ1n) is 11.7. The number of halogens is 1. The molecule has 0 amide bonds. The van der Waals surface area contributed by atoms with Crippen LogP contribution in [0.5, 0.6) is 0 Å². The van der Waals surface area contributed by atoms with Gasteiger partial charge in [-0.3, -0.25) is 23.7 Å². The van der Waals surface area contributed by atoms with Crippen molar-refractivity contribution < 1.29 is 37.9 Å². The number of nitrogens with one attached hydrogen (secondary N) is 1. The van der Waals surface area contributed by atoms with E-state index in [1.54, 1.807) is 24.3 Å². The zero-order valence-corrected chi connectivity index (χ0v) is 22.2. The van der Waals surface area contributed by atoms with E-state index < -0.39 is 49.9 Å². The molecule has 3 aromatic heterocycles. The average molecular weight is 596 g/mol. The van der Waals surface area contributed by atoms with Gasteiger partial charge in [0, 0.05) is 17.5 Å². The van der Waals surface area contributed by atoms with Crippen LogP contribution < -0.4 is 10.8 Å². The maximum atomic E-state index is 13.8. The van der Waals surface area contributed by atoms with Gasteiger partial charge < -0.3 is 20.7 Å². The van der Waals surface area contributed by atoms with Gasteiger partial charge in [-0.1, -0.05) is 41.7 Å². The third-order valence-electron chi connectivity index (χ3n) is 5.97. The number of aliphatic hydroxyl groups excluding tert-OH is 2. The molecule has 1 aromatic carbocycles. The number of benzene rings is 1. The van der Waals surface area contributed by atoms with E-state index in [1.165, 1.54) is 23.0 Å². The lowest BCUT2D eigenvalue weighted by Crippen LogP contribution is -2.34. The minimum atomic E-state index is -4.09. The summed E-state index contributed by atoms with van der Waals surface area (Å²) in [7, 11) is -4.09. The van der Waals surface area contributed by atoms with Crippen molar-refractivity contribution in [1.82, 2.24) is 24.6 Å². The SMILES string of the molecule is Nc1nc(F)nc2c1ncn2[C@@H]1O[C@H](COP(=O)(NCc2ccccc2)OCc2ccc([N+](=O)[O-])s2)C(O)C1O. The van der Waals surface area contributed by atoms with Gasteiger partial charge >= 0.3 is 18.8 Å². The third-order valence-corrected chi connectivity index (χ3v) is 8.48. The zero-order chi connectivity index (χ0) is 28.4. The van der Waals surface area contributed by atoms with Crippen molar-refractivity contribution in [2.24, 2.45) is 0 Å². The molecule has 1 fully saturated rings. The highest BCUT2D eigenvalue weighted by Gasteiger charge is 2.45. The number of imidazole rings is 1. The van der Waals surface area contributed by atoms with Gasteiger partial charge in [-0.15, -0.1) is 0 Å². The fourth-order valence-corrected chi connectivity index (χ4v) is 6.07. The molecule has 18 heteroatoms. The van der Waals surface area contributed by atoms with Gasteiger partial charge in [-0.2, -0.15) is 14.4 Å². The van der Waals surface area contributed by atoms with Gasteiger partial charge in [0.25, 0.3) is 0 Å². The van der Waals surface area contributed by atoms with Crippen molar-refractivity contribution in [1.29, 1.82) is 0 Å². The summed E-state index contributed by atoms with van der Waals surface area (Å²) in [5, 5.41) is 34.9. The maximum Gasteiger partial charge on any atom is 0.406 e. The Morgan fingerprint density at radius 1 is 1.20 bits per heavy atom. The standard InChI is InChI=1S/C22H23FN7O8PS/c23-22-27-19(24)16-20(28-22)29(11-25-16)21-18(32)17(31)14(38-21)10-37-39(35,26-8-12-4-2-1-3-5-12)36-9-13-6-7-15(40-13)30(33)34/h1-7,11,14,17-18,21,31-32H,8-10H2,(H,26,35)(H2,24,27,28)/t14-,17?,18?,21-,39?/m1/s1. The Labute approximate surface area is 229 Å². The van der Waals surface area contributed by atoms with Crippen molar-refractivity contribution >= 4 is 41.1 Å². The fraction of sp³-hybridized carbons (Fsp3) is 0.318. The molecule has 4 heterocycles. The number of aromatic nitrogens is 4. The van der Waals surface area contributed by atoms with Crippen molar-refractivity contribution in [3.63, 3.8) is 0 Å². The number of anilines is 1. The highest BCUT2D eigenvalue weighted by Crippen LogP contribution is 2.46. The van der Waals surface area contributed by atoms with Crippen LogP contribution in [0, 0.1) is 16.2 Å². The molecule has 5 rings (SSSR count). The largest absolute Gasteiger partial charge is 0.406 e. The minimum absolute atomic E-state index is 0.0635. The molecular weight excluding hydrogens is 572 g/mol. The first-order chi connectivity index (χ1) is 19.1. The Morgan fingerprint density at radius 2 is 1.98 bits per heavy atom. The van der Waals surface area contributed by atoms with Crippen LogP contribution >= 0.6 is 19.1 Å². The number of fused-ring (bicyclic) bond motifs is 1. The number of hydrogen-bond acceptors (Lipinski definition) is 13. The van der Waals surface area contributed by atoms with Crippen molar-refractivity contribution in [3.8, 4) is 0 Å². The molecule has 0 radical (unpaired) electrons. The lowest BCUT2D eigenvalue weighted by molar-refractivity contribution is -0.380. The van der Waals surface area contributed by atoms with Crippen molar-refractivity contribution in [2.75, 3.05) is 12.3 Å². The van der Waals surface area contributed by atoms with E-state index in [0.717, 1.165) is 16.9 Å². The summed E-state index contributed by atoms with van der Waals surface area (Å²) in [4.78, 5) is 22.0. The summed E-state index contributed by atoms with van der Waals surface area (Å²) >= 11 is 0.861. The van der Waals surface area contributed by atoms with E-state index in [2.05, 4.69) is 20.0 Å². The van der Waals surface area contributed by atoms with Crippen molar-refractivity contribution in [2.45, 2.75) is 37.7 Å². The summed E-state index contributed by atoms with van der Waals surface area (Å²) in [6.45, 7) is -0.656. The normalized spacial score (nSPS) is 22.5. The van der Waals surface area contributed by atoms with E-state index in [0.29, 0.717) is 4.88 Å². The molecule has 3 unspecified atom stereocenters. The van der Waals surface area contributed by atoms with E-state index in [4.69, 9.17) is 19.5 Å². The number of nitro groups is 1. The van der Waals surface area contributed by atoms with Crippen LogP contribution in [0.2, 0.25) is 0 Å². The lowest BCUT2D eigenvalue weighted by atomic mass is 10.1. The van der Waals surface area contributed by atoms with E-state index in [-0.39, 0.29) is 35.1 Å². The smallest absolute Gasteiger partial charge is 0.387 e. The van der Waals surface area contributed by atoms with Crippen LogP contribution in [0.3, 0.4) is 0 Å². The monoisotopic (exact) mass is 595 g/mol. The lowest BCUT2D eigenvalue weighted by Gasteiger charge is -2.22. The summed E-state index contributed by atoms with van der Waals surface area (Å²) in [5.41, 5.74) is 6.47. The highest BCUT2D eigenvalue weighted by atomic mass is 32.1. The summed E-state index contributed by atoms with van der Waals surface area (Å²) in [6.07, 6.45) is -5.39. The van der Waals surface area contributed by atoms with Gasteiger partial charge in [-0.25, -0.2) is 14.6 Å². The molecule has 0 spiro atoms. The number of rotatable bonds is 11. The Balaban J connectivity index is 1.30. The first-order valence-corrected chi connectivity index (χ1v) is 14.1. The molecule has 0 bridgehead atoms. The Hall–Kier alpha value is -3.41. The van der Waals surface area contributed by atoms with Crippen LogP contribution in [-0.4, -0.2) is 59.6 Å². The molecule has 212 valence electrons. The number of thiophene rings is 1. The average Bonchev–Trinajstić information content (AvgIpc) is 3.65. The van der Waals surface area contributed by atoms with E-state index in [9.17, 15) is 29.3 Å². The topological polar surface area (TPSA) is 210 Å². The van der Waals surface area contributed by atoms with Crippen molar-refractivity contribution in [3.05, 3.63) is 75.4 Å². The molecule has 1 saturated heterocycles. The third kappa shape index (κ3) is 6.01. The number of nitrogens with zero attached hydrogens (tertiary/aromatic N) is 5. The fourth-order valence-electron chi connectivity index (χ4n) is 3.97. The van der Waals surface area contributed by atoms with E-state index >= 15 is 0 Å². The van der Waals surface area contributed by atoms with Crippen LogP contribution in [0.1, 0.15) is 16.7 Å². The Bertz CT molecular complexity index is 1560. The second-order valence-electron chi connectivity index (χ2n) is 8.63. The quantitative estimate of drug-likeness (QED) is 0.0849. The van der Waals surface area contributed by atoms with Gasteiger partial charge in [0.05, 0.1) is 24.5 Å². The summed E-state index contributed by atoms with van der Waals surface area (Å²) in [6, 6.07) is 11.8. The first kappa shape index (κ1) is 28.1. The zero-order valence-electron chi connectivity index (χ0n) is 20.4. The van der Waals surface area contributed by atoms with Crippen LogP contribution in [0.25, 0.3) is 11.2 Å². The molecule has 15 nitrogen and oxygen atoms in total. The predicted octanol–water partition coefficient (Wildman–Crippen LogP) is 2.27. The second kappa shape index (κ2) is 11.6. The number of hydrogen-bond donors (Lipinski definition) is 4. The number of aliphatic hydroxyl groups is 2. The molecule has 1 aliphatic heterocycles. The molecule has 0 aliphatic carbocycles. The molecule has 5 N–H and O–H groups in total. The number of nitrogens with two attached hydrogens (primary N) is 1. The summed E-state index contributed by atoms with van der Waals surface area (Å²) in [5.74, 6) is -0.215. The van der Waals surface area contributed by atoms with Gasteiger partial charge in [0.15, 0.2) is 23.2 Å². The minimum Gasteiger partial charge on any atom is -0.387 e. The Morgan fingerprint density at radius 3 is 2.70 bits per heavy atom. The maximum absolute atomic E-state index is 13.8. The molecule has 4 aromatic rings. The molecule has 0 saturated carbocycles. The second-order valence-corrected chi connectivity index (χ2v) is 11.6. The predicted molar refractivity (Wildman–Crippen MR) is 138 cm³/mol. The summed E-state index contributed by atoms with van der Waals surface area (Å²) < 4.78 is 45.5. The molecule has 5 atom stereocenters. The van der Waals surface area contributed by atoms with Gasteiger partial charge in [0.1, 0.15) is 18.3 Å². The van der Waals surface area contributed by atoms with Gasteiger partial charge in [-0.05, 0) is 11.6 Å². The molecule has 40 heavy (non-hydrogen) atoms. The van der Waals surface area contributed by atoms with E-state index in [1.807, 2.05) is 6.07 Å². The molecule has 1 aliphatic rings. The van der Waals surface area contributed by atoms with Gasteiger partial charge in [0.2, 0.25) is 0 Å².